The van der Waals surface area contributed by atoms with E-state index in [1.54, 1.807) is 0 Å². The maximum atomic E-state index is 13.2. The minimum atomic E-state index is -0.603. The molecule has 1 aromatic rings. The zero-order chi connectivity index (χ0) is 22.3. The van der Waals surface area contributed by atoms with Crippen molar-refractivity contribution in [1.29, 1.82) is 0 Å². The topological polar surface area (TPSA) is 84.9 Å². The molecule has 1 aromatic carbocycles. The number of rotatable bonds is 5. The van der Waals surface area contributed by atoms with Crippen molar-refractivity contribution in [2.45, 2.75) is 56.6 Å². The van der Waals surface area contributed by atoms with E-state index in [0.717, 1.165) is 38.5 Å². The number of nitrogens with one attached hydrogen (secondary N) is 1. The van der Waals surface area contributed by atoms with Gasteiger partial charge in [-0.2, -0.15) is 0 Å². The molecule has 2 amide bonds. The summed E-state index contributed by atoms with van der Waals surface area (Å²) in [6.07, 6.45) is 5.60. The number of esters is 1. The number of carbonyl (C=O) groups excluding carboxylic acids is 3. The van der Waals surface area contributed by atoms with Gasteiger partial charge in [-0.05, 0) is 74.6 Å². The highest BCUT2D eigenvalue weighted by Gasteiger charge is 2.55. The fraction of sp³-hybridized carbons (Fsp3) is 0.625. The second-order valence-electron chi connectivity index (χ2n) is 9.68. The van der Waals surface area contributed by atoms with Gasteiger partial charge in [0.1, 0.15) is 17.2 Å². The normalized spacial score (nSPS) is 30.4. The molecule has 0 aromatic heterocycles. The second-order valence-corrected chi connectivity index (χ2v) is 9.68. The Kier molecular flexibility index (Phi) is 5.55. The van der Waals surface area contributed by atoms with E-state index < -0.39 is 11.5 Å². The maximum Gasteiger partial charge on any atom is 0.307 e. The van der Waals surface area contributed by atoms with Gasteiger partial charge in [-0.25, -0.2) is 4.39 Å². The van der Waals surface area contributed by atoms with Crippen molar-refractivity contribution in [3.8, 4) is 5.75 Å². The van der Waals surface area contributed by atoms with Crippen molar-refractivity contribution in [1.82, 2.24) is 10.2 Å². The molecule has 2 aliphatic heterocycles. The van der Waals surface area contributed by atoms with E-state index in [1.165, 1.54) is 24.3 Å². The third-order valence-electron chi connectivity index (χ3n) is 7.76. The molecule has 1 N–H and O–H groups in total. The minimum absolute atomic E-state index is 0.0266. The Labute approximate surface area is 186 Å². The minimum Gasteiger partial charge on any atom is -0.484 e. The van der Waals surface area contributed by atoms with Gasteiger partial charge < -0.3 is 19.7 Å². The number of hydrogen-bond donors (Lipinski definition) is 1. The highest BCUT2D eigenvalue weighted by Crippen LogP contribution is 2.46. The van der Waals surface area contributed by atoms with Crippen molar-refractivity contribution in [3.05, 3.63) is 30.1 Å². The number of hydrogen-bond acceptors (Lipinski definition) is 5. The molecule has 1 spiro atoms. The van der Waals surface area contributed by atoms with Crippen LogP contribution < -0.4 is 10.1 Å². The van der Waals surface area contributed by atoms with Gasteiger partial charge in [0.2, 0.25) is 5.91 Å². The first-order valence-electron chi connectivity index (χ1n) is 11.6. The molecular weight excluding hydrogens is 415 g/mol. The van der Waals surface area contributed by atoms with Crippen LogP contribution in [0.1, 0.15) is 44.9 Å². The van der Waals surface area contributed by atoms with Crippen molar-refractivity contribution in [2.75, 3.05) is 19.7 Å². The summed E-state index contributed by atoms with van der Waals surface area (Å²) < 4.78 is 24.2. The first-order chi connectivity index (χ1) is 15.4. The summed E-state index contributed by atoms with van der Waals surface area (Å²) in [5.41, 5.74) is -0.603. The standard InChI is InChI=1S/C24H29FN2O5/c25-17-5-7-18(8-6-17)31-14-20(28)27-12-15-3-4-16(13-27)22(15)26-23(30)19-11-21(29)32-24(19)9-1-2-10-24/h5-8,15-16,19,22H,1-4,9-14H2,(H,26,30)/t15-,16+,19?,22?. The van der Waals surface area contributed by atoms with Gasteiger partial charge in [-0.15, -0.1) is 0 Å². The summed E-state index contributed by atoms with van der Waals surface area (Å²) in [7, 11) is 0. The molecule has 2 saturated heterocycles. The summed E-state index contributed by atoms with van der Waals surface area (Å²) in [5.74, 6) is -0.335. The summed E-state index contributed by atoms with van der Waals surface area (Å²) in [5, 5.41) is 3.24. The Morgan fingerprint density at radius 3 is 2.44 bits per heavy atom. The molecule has 8 heteroatoms. The van der Waals surface area contributed by atoms with E-state index in [0.29, 0.717) is 18.8 Å². The van der Waals surface area contributed by atoms with E-state index >= 15 is 0 Å². The number of amides is 2. The van der Waals surface area contributed by atoms with Crippen molar-refractivity contribution in [2.24, 2.45) is 17.8 Å². The van der Waals surface area contributed by atoms with E-state index in [-0.39, 0.29) is 54.5 Å². The lowest BCUT2D eigenvalue weighted by Gasteiger charge is -2.39. The molecule has 2 heterocycles. The zero-order valence-electron chi connectivity index (χ0n) is 18.1. The number of likely N-dealkylation sites (tertiary alicyclic amines) is 1. The zero-order valence-corrected chi connectivity index (χ0v) is 18.1. The van der Waals surface area contributed by atoms with Gasteiger partial charge in [0, 0.05) is 19.1 Å². The lowest BCUT2D eigenvalue weighted by molar-refractivity contribution is -0.150. The van der Waals surface area contributed by atoms with E-state index in [2.05, 4.69) is 5.32 Å². The van der Waals surface area contributed by atoms with Gasteiger partial charge in [0.15, 0.2) is 6.61 Å². The molecule has 172 valence electrons. The van der Waals surface area contributed by atoms with Crippen LogP contribution in [-0.4, -0.2) is 54.0 Å². The highest BCUT2D eigenvalue weighted by atomic mass is 19.1. The lowest BCUT2D eigenvalue weighted by atomic mass is 9.84. The van der Waals surface area contributed by atoms with Crippen molar-refractivity contribution in [3.63, 3.8) is 0 Å². The first kappa shape index (κ1) is 21.2. The predicted octanol–water partition coefficient (Wildman–Crippen LogP) is 2.43. The predicted molar refractivity (Wildman–Crippen MR) is 112 cm³/mol. The number of halogens is 1. The molecule has 4 aliphatic rings. The van der Waals surface area contributed by atoms with Crippen LogP contribution in [0, 0.1) is 23.6 Å². The number of fused-ring (bicyclic) bond motifs is 2. The molecule has 0 radical (unpaired) electrons. The van der Waals surface area contributed by atoms with E-state index in [4.69, 9.17) is 9.47 Å². The van der Waals surface area contributed by atoms with Crippen LogP contribution in [0.25, 0.3) is 0 Å². The number of carbonyl (C=O) groups is 3. The average molecular weight is 445 g/mol. The molecule has 2 saturated carbocycles. The third-order valence-corrected chi connectivity index (χ3v) is 7.76. The molecule has 5 rings (SSSR count). The van der Waals surface area contributed by atoms with Crippen LogP contribution in [0.3, 0.4) is 0 Å². The SMILES string of the molecule is O=C1CC(C(=O)NC2[C@@H]3CC[C@H]2CN(C(=O)COc2ccc(F)cc2)C3)C2(CCCC2)O1. The number of nitrogens with zero attached hydrogens (tertiary/aromatic N) is 1. The van der Waals surface area contributed by atoms with Gasteiger partial charge in [0.05, 0.1) is 12.3 Å². The van der Waals surface area contributed by atoms with Gasteiger partial charge in [-0.1, -0.05) is 0 Å². The Bertz CT molecular complexity index is 884. The number of ether oxygens (including phenoxy) is 2. The lowest BCUT2D eigenvalue weighted by Crippen LogP contribution is -2.56. The number of piperidine rings is 1. The molecule has 2 unspecified atom stereocenters. The molecule has 2 aliphatic carbocycles. The average Bonchev–Trinajstić information content (AvgIpc) is 3.43. The molecule has 4 atom stereocenters. The van der Waals surface area contributed by atoms with E-state index in [9.17, 15) is 18.8 Å². The fourth-order valence-corrected chi connectivity index (χ4v) is 6.14. The Morgan fingerprint density at radius 1 is 1.12 bits per heavy atom. The van der Waals surface area contributed by atoms with E-state index in [1.807, 2.05) is 4.90 Å². The largest absolute Gasteiger partial charge is 0.484 e. The van der Waals surface area contributed by atoms with Gasteiger partial charge in [0.25, 0.3) is 5.91 Å². The van der Waals surface area contributed by atoms with Crippen LogP contribution >= 0.6 is 0 Å². The van der Waals surface area contributed by atoms with Crippen LogP contribution in [0.4, 0.5) is 4.39 Å². The quantitative estimate of drug-likeness (QED) is 0.706. The number of benzene rings is 1. The third kappa shape index (κ3) is 3.95. The highest BCUT2D eigenvalue weighted by molar-refractivity contribution is 5.88. The second kappa shape index (κ2) is 8.37. The Morgan fingerprint density at radius 2 is 1.78 bits per heavy atom. The fourth-order valence-electron chi connectivity index (χ4n) is 6.14. The maximum absolute atomic E-state index is 13.2. The van der Waals surface area contributed by atoms with Crippen LogP contribution in [0.5, 0.6) is 5.75 Å². The monoisotopic (exact) mass is 444 g/mol. The molecule has 4 fully saturated rings. The molecule has 7 nitrogen and oxygen atoms in total. The van der Waals surface area contributed by atoms with Crippen molar-refractivity contribution < 1.29 is 28.2 Å². The summed E-state index contributed by atoms with van der Waals surface area (Å²) in [6.45, 7) is 1.07. The Hall–Kier alpha value is -2.64. The summed E-state index contributed by atoms with van der Waals surface area (Å²) in [6, 6.07) is 5.63. The summed E-state index contributed by atoms with van der Waals surface area (Å²) in [4.78, 5) is 39.6. The van der Waals surface area contributed by atoms with Crippen LogP contribution in [0.15, 0.2) is 24.3 Å². The summed E-state index contributed by atoms with van der Waals surface area (Å²) >= 11 is 0. The molecule has 2 bridgehead atoms. The smallest absolute Gasteiger partial charge is 0.307 e. The van der Waals surface area contributed by atoms with Crippen LogP contribution in [0.2, 0.25) is 0 Å². The molecular formula is C24H29FN2O5. The van der Waals surface area contributed by atoms with Gasteiger partial charge >= 0.3 is 5.97 Å². The van der Waals surface area contributed by atoms with Crippen molar-refractivity contribution >= 4 is 17.8 Å². The first-order valence-corrected chi connectivity index (χ1v) is 11.6. The van der Waals surface area contributed by atoms with Gasteiger partial charge in [-0.3, -0.25) is 14.4 Å². The molecule has 32 heavy (non-hydrogen) atoms. The Balaban J connectivity index is 1.17. The van der Waals surface area contributed by atoms with Crippen LogP contribution in [-0.2, 0) is 19.1 Å².